The van der Waals surface area contributed by atoms with E-state index < -0.39 is 0 Å². The molecular weight excluding hydrogens is 258 g/mol. The standard InChI is InChI=1S/C16H22ClNO/c1-11-7-8-14(12(2)9-11)16(19)18-10-13-5-3-4-6-15(13)17/h7-9,13,15H,3-6,10H2,1-2H3,(H,18,19). The fourth-order valence-corrected chi connectivity index (χ4v) is 3.15. The molecule has 1 aromatic carbocycles. The van der Waals surface area contributed by atoms with Gasteiger partial charge in [0.25, 0.3) is 5.91 Å². The first-order valence-corrected chi connectivity index (χ1v) is 7.51. The number of alkyl halides is 1. The smallest absolute Gasteiger partial charge is 0.251 e. The number of carbonyl (C=O) groups is 1. The van der Waals surface area contributed by atoms with Crippen LogP contribution in [-0.4, -0.2) is 17.8 Å². The predicted molar refractivity (Wildman–Crippen MR) is 79.8 cm³/mol. The summed E-state index contributed by atoms with van der Waals surface area (Å²) in [5, 5.41) is 3.25. The van der Waals surface area contributed by atoms with E-state index in [0.29, 0.717) is 12.5 Å². The Bertz CT molecular complexity index is 458. The van der Waals surface area contributed by atoms with Crippen LogP contribution in [0.4, 0.5) is 0 Å². The Morgan fingerprint density at radius 2 is 2.05 bits per heavy atom. The monoisotopic (exact) mass is 279 g/mol. The Morgan fingerprint density at radius 1 is 1.32 bits per heavy atom. The summed E-state index contributed by atoms with van der Waals surface area (Å²) in [7, 11) is 0. The van der Waals surface area contributed by atoms with E-state index >= 15 is 0 Å². The molecule has 2 atom stereocenters. The molecule has 1 N–H and O–H groups in total. The average molecular weight is 280 g/mol. The zero-order valence-corrected chi connectivity index (χ0v) is 12.5. The van der Waals surface area contributed by atoms with Crippen molar-refractivity contribution >= 4 is 17.5 Å². The molecule has 3 heteroatoms. The van der Waals surface area contributed by atoms with Crippen molar-refractivity contribution in [3.8, 4) is 0 Å². The van der Waals surface area contributed by atoms with E-state index in [1.54, 1.807) is 0 Å². The van der Waals surface area contributed by atoms with Crippen molar-refractivity contribution in [3.05, 3.63) is 34.9 Å². The van der Waals surface area contributed by atoms with Crippen LogP contribution < -0.4 is 5.32 Å². The third-order valence-electron chi connectivity index (χ3n) is 3.97. The van der Waals surface area contributed by atoms with Gasteiger partial charge in [0.2, 0.25) is 0 Å². The molecule has 0 aliphatic heterocycles. The molecule has 1 aliphatic rings. The lowest BCUT2D eigenvalue weighted by molar-refractivity contribution is 0.0943. The highest BCUT2D eigenvalue weighted by Gasteiger charge is 2.23. The van der Waals surface area contributed by atoms with Gasteiger partial charge in [0.05, 0.1) is 0 Å². The summed E-state index contributed by atoms with van der Waals surface area (Å²) in [6.07, 6.45) is 4.65. The number of benzene rings is 1. The lowest BCUT2D eigenvalue weighted by atomic mass is 9.88. The summed E-state index contributed by atoms with van der Waals surface area (Å²) in [5.41, 5.74) is 2.98. The first-order chi connectivity index (χ1) is 9.08. The largest absolute Gasteiger partial charge is 0.352 e. The highest BCUT2D eigenvalue weighted by atomic mass is 35.5. The van der Waals surface area contributed by atoms with Crippen molar-refractivity contribution in [2.45, 2.75) is 44.9 Å². The molecule has 0 radical (unpaired) electrons. The van der Waals surface area contributed by atoms with Crippen molar-refractivity contribution in [1.29, 1.82) is 0 Å². The van der Waals surface area contributed by atoms with Gasteiger partial charge in [-0.2, -0.15) is 0 Å². The molecule has 0 bridgehead atoms. The molecule has 2 rings (SSSR count). The zero-order chi connectivity index (χ0) is 13.8. The van der Waals surface area contributed by atoms with Gasteiger partial charge in [-0.25, -0.2) is 0 Å². The summed E-state index contributed by atoms with van der Waals surface area (Å²) < 4.78 is 0. The van der Waals surface area contributed by atoms with E-state index in [1.165, 1.54) is 18.4 Å². The van der Waals surface area contributed by atoms with E-state index in [-0.39, 0.29) is 11.3 Å². The van der Waals surface area contributed by atoms with Gasteiger partial charge in [-0.3, -0.25) is 4.79 Å². The van der Waals surface area contributed by atoms with Gasteiger partial charge in [0, 0.05) is 17.5 Å². The van der Waals surface area contributed by atoms with Gasteiger partial charge in [-0.15, -0.1) is 11.6 Å². The van der Waals surface area contributed by atoms with Crippen LogP contribution in [0, 0.1) is 19.8 Å². The first kappa shape index (κ1) is 14.4. The summed E-state index contributed by atoms with van der Waals surface area (Å²) in [4.78, 5) is 12.2. The molecule has 0 spiro atoms. The summed E-state index contributed by atoms with van der Waals surface area (Å²) in [5.74, 6) is 0.442. The van der Waals surface area contributed by atoms with Crippen molar-refractivity contribution < 1.29 is 4.79 Å². The minimum absolute atomic E-state index is 0.0203. The van der Waals surface area contributed by atoms with Gasteiger partial charge in [0.1, 0.15) is 0 Å². The molecule has 1 fully saturated rings. The number of rotatable bonds is 3. The van der Waals surface area contributed by atoms with Crippen LogP contribution in [0.5, 0.6) is 0 Å². The van der Waals surface area contributed by atoms with Crippen molar-refractivity contribution in [2.75, 3.05) is 6.54 Å². The van der Waals surface area contributed by atoms with Crippen molar-refractivity contribution in [1.82, 2.24) is 5.32 Å². The van der Waals surface area contributed by atoms with Gasteiger partial charge < -0.3 is 5.32 Å². The van der Waals surface area contributed by atoms with Crippen LogP contribution in [0.25, 0.3) is 0 Å². The molecule has 104 valence electrons. The molecule has 0 aromatic heterocycles. The van der Waals surface area contributed by atoms with E-state index in [9.17, 15) is 4.79 Å². The number of carbonyl (C=O) groups excluding carboxylic acids is 1. The summed E-state index contributed by atoms with van der Waals surface area (Å²) >= 11 is 6.31. The van der Waals surface area contributed by atoms with Gasteiger partial charge >= 0.3 is 0 Å². The maximum Gasteiger partial charge on any atom is 0.251 e. The number of amides is 1. The number of halogens is 1. The Hall–Kier alpha value is -1.02. The van der Waals surface area contributed by atoms with E-state index in [1.807, 2.05) is 32.0 Å². The second kappa shape index (κ2) is 6.42. The van der Waals surface area contributed by atoms with Crippen LogP contribution in [0.2, 0.25) is 0 Å². The Kier molecular flexibility index (Phi) is 4.87. The molecular formula is C16H22ClNO. The Balaban J connectivity index is 1.93. The lowest BCUT2D eigenvalue weighted by Crippen LogP contribution is -2.35. The van der Waals surface area contributed by atoms with Gasteiger partial charge in [-0.1, -0.05) is 30.5 Å². The average Bonchev–Trinajstić information content (AvgIpc) is 2.37. The summed E-state index contributed by atoms with van der Waals surface area (Å²) in [6, 6.07) is 5.92. The normalized spacial score (nSPS) is 23.1. The number of hydrogen-bond donors (Lipinski definition) is 1. The minimum Gasteiger partial charge on any atom is -0.352 e. The molecule has 0 heterocycles. The molecule has 1 aliphatic carbocycles. The summed E-state index contributed by atoms with van der Waals surface area (Å²) in [6.45, 7) is 4.71. The maximum atomic E-state index is 12.2. The molecule has 1 saturated carbocycles. The Labute approximate surface area is 120 Å². The van der Waals surface area contributed by atoms with Crippen molar-refractivity contribution in [2.24, 2.45) is 5.92 Å². The molecule has 19 heavy (non-hydrogen) atoms. The minimum atomic E-state index is 0.0203. The van der Waals surface area contributed by atoms with Crippen LogP contribution in [-0.2, 0) is 0 Å². The first-order valence-electron chi connectivity index (χ1n) is 7.07. The van der Waals surface area contributed by atoms with Crippen LogP contribution in [0.1, 0.15) is 47.2 Å². The van der Waals surface area contributed by atoms with E-state index in [2.05, 4.69) is 5.32 Å². The number of nitrogens with one attached hydrogen (secondary N) is 1. The fourth-order valence-electron chi connectivity index (χ4n) is 2.78. The molecule has 2 unspecified atom stereocenters. The second-order valence-electron chi connectivity index (χ2n) is 5.59. The topological polar surface area (TPSA) is 29.1 Å². The van der Waals surface area contributed by atoms with E-state index in [0.717, 1.165) is 24.0 Å². The molecule has 0 saturated heterocycles. The predicted octanol–water partition coefficient (Wildman–Crippen LogP) is 3.83. The van der Waals surface area contributed by atoms with Crippen LogP contribution in [0.15, 0.2) is 18.2 Å². The molecule has 1 aromatic rings. The number of aryl methyl sites for hydroxylation is 2. The third-order valence-corrected chi connectivity index (χ3v) is 4.54. The highest BCUT2D eigenvalue weighted by Crippen LogP contribution is 2.28. The fraction of sp³-hybridized carbons (Fsp3) is 0.562. The van der Waals surface area contributed by atoms with Crippen molar-refractivity contribution in [3.63, 3.8) is 0 Å². The highest BCUT2D eigenvalue weighted by molar-refractivity contribution is 6.20. The SMILES string of the molecule is Cc1ccc(C(=O)NCC2CCCCC2Cl)c(C)c1. The third kappa shape index (κ3) is 3.73. The zero-order valence-electron chi connectivity index (χ0n) is 11.7. The Morgan fingerprint density at radius 3 is 2.74 bits per heavy atom. The lowest BCUT2D eigenvalue weighted by Gasteiger charge is -2.27. The van der Waals surface area contributed by atoms with Crippen LogP contribution in [0.3, 0.4) is 0 Å². The van der Waals surface area contributed by atoms with Crippen LogP contribution >= 0.6 is 11.6 Å². The maximum absolute atomic E-state index is 12.2. The van der Waals surface area contributed by atoms with Gasteiger partial charge in [-0.05, 0) is 44.2 Å². The molecule has 1 amide bonds. The quantitative estimate of drug-likeness (QED) is 0.837. The van der Waals surface area contributed by atoms with E-state index in [4.69, 9.17) is 11.6 Å². The van der Waals surface area contributed by atoms with Gasteiger partial charge in [0.15, 0.2) is 0 Å². The number of hydrogen-bond acceptors (Lipinski definition) is 1. The second-order valence-corrected chi connectivity index (χ2v) is 6.15. The molecule has 2 nitrogen and oxygen atoms in total.